The number of halogens is 1. The van der Waals surface area contributed by atoms with Crippen molar-refractivity contribution in [1.29, 1.82) is 0 Å². The first-order valence-electron chi connectivity index (χ1n) is 5.91. The number of nitrogens with one attached hydrogen (secondary N) is 1. The molecule has 1 heterocycles. The second-order valence-corrected chi connectivity index (χ2v) is 4.77. The molecule has 18 heavy (non-hydrogen) atoms. The molecule has 1 aromatic rings. The Kier molecular flexibility index (Phi) is 4.52. The Bertz CT molecular complexity index is 433. The first-order valence-corrected chi connectivity index (χ1v) is 6.28. The molecule has 1 unspecified atom stereocenters. The molecule has 1 aromatic carbocycles. The monoisotopic (exact) mass is 270 g/mol. The average Bonchev–Trinajstić information content (AvgIpc) is 2.84. The van der Waals surface area contributed by atoms with Crippen LogP contribution in [0.5, 0.6) is 0 Å². The molecular formula is C12H15ClN2O3. The number of hydrogen-bond acceptors (Lipinski definition) is 4. The molecule has 98 valence electrons. The van der Waals surface area contributed by atoms with Gasteiger partial charge in [-0.3, -0.25) is 10.1 Å². The number of benzene rings is 1. The third kappa shape index (κ3) is 3.41. The van der Waals surface area contributed by atoms with Crippen LogP contribution in [-0.2, 0) is 11.3 Å². The maximum Gasteiger partial charge on any atom is 0.276 e. The summed E-state index contributed by atoms with van der Waals surface area (Å²) in [6.07, 6.45) is 2.26. The van der Waals surface area contributed by atoms with Crippen LogP contribution in [0.1, 0.15) is 18.4 Å². The molecule has 1 atom stereocenters. The molecule has 0 aliphatic carbocycles. The summed E-state index contributed by atoms with van der Waals surface area (Å²) in [7, 11) is 0. The highest BCUT2D eigenvalue weighted by Crippen LogP contribution is 2.23. The Hall–Kier alpha value is -1.17. The molecule has 0 spiro atoms. The summed E-state index contributed by atoms with van der Waals surface area (Å²) < 4.78 is 5.52. The number of rotatable bonds is 5. The SMILES string of the molecule is O=[N+]([O-])c1cc(Cl)ccc1COCC1CCCN1. The fraction of sp³-hybridized carbons (Fsp3) is 0.500. The van der Waals surface area contributed by atoms with Crippen LogP contribution in [0.4, 0.5) is 5.69 Å². The Morgan fingerprint density at radius 2 is 2.39 bits per heavy atom. The first kappa shape index (κ1) is 13.3. The average molecular weight is 271 g/mol. The molecule has 0 radical (unpaired) electrons. The van der Waals surface area contributed by atoms with Gasteiger partial charge in [-0.25, -0.2) is 0 Å². The van der Waals surface area contributed by atoms with E-state index >= 15 is 0 Å². The molecule has 5 nitrogen and oxygen atoms in total. The molecule has 1 aliphatic rings. The summed E-state index contributed by atoms with van der Waals surface area (Å²) in [4.78, 5) is 10.4. The van der Waals surface area contributed by atoms with Gasteiger partial charge < -0.3 is 10.1 Å². The Morgan fingerprint density at radius 3 is 3.06 bits per heavy atom. The van der Waals surface area contributed by atoms with E-state index in [4.69, 9.17) is 16.3 Å². The quantitative estimate of drug-likeness (QED) is 0.660. The molecule has 2 rings (SSSR count). The van der Waals surface area contributed by atoms with E-state index < -0.39 is 4.92 Å². The van der Waals surface area contributed by atoms with Gasteiger partial charge in [-0.1, -0.05) is 11.6 Å². The zero-order valence-corrected chi connectivity index (χ0v) is 10.7. The zero-order valence-electron chi connectivity index (χ0n) is 9.89. The van der Waals surface area contributed by atoms with Gasteiger partial charge in [0.1, 0.15) is 0 Å². The summed E-state index contributed by atoms with van der Waals surface area (Å²) in [5.41, 5.74) is 0.573. The van der Waals surface area contributed by atoms with Crippen molar-refractivity contribution in [2.24, 2.45) is 0 Å². The van der Waals surface area contributed by atoms with Crippen LogP contribution in [0.2, 0.25) is 5.02 Å². The number of nitro benzene ring substituents is 1. The molecule has 0 saturated carbocycles. The minimum Gasteiger partial charge on any atom is -0.375 e. The molecule has 6 heteroatoms. The van der Waals surface area contributed by atoms with Gasteiger partial charge in [-0.2, -0.15) is 0 Å². The highest BCUT2D eigenvalue weighted by Gasteiger charge is 2.17. The highest BCUT2D eigenvalue weighted by molar-refractivity contribution is 6.30. The van der Waals surface area contributed by atoms with E-state index in [2.05, 4.69) is 5.32 Å². The number of hydrogen-bond donors (Lipinski definition) is 1. The van der Waals surface area contributed by atoms with Crippen molar-refractivity contribution < 1.29 is 9.66 Å². The second-order valence-electron chi connectivity index (χ2n) is 4.34. The van der Waals surface area contributed by atoms with Crippen molar-refractivity contribution in [2.45, 2.75) is 25.5 Å². The van der Waals surface area contributed by atoms with E-state index in [-0.39, 0.29) is 12.3 Å². The highest BCUT2D eigenvalue weighted by atomic mass is 35.5. The van der Waals surface area contributed by atoms with Crippen LogP contribution in [0.15, 0.2) is 18.2 Å². The largest absolute Gasteiger partial charge is 0.375 e. The molecule has 1 fully saturated rings. The van der Waals surface area contributed by atoms with Crippen LogP contribution in [0, 0.1) is 10.1 Å². The van der Waals surface area contributed by atoms with E-state index in [1.807, 2.05) is 0 Å². The van der Waals surface area contributed by atoms with Crippen molar-refractivity contribution in [3.8, 4) is 0 Å². The Labute approximate surface area is 110 Å². The number of nitro groups is 1. The first-order chi connectivity index (χ1) is 8.66. The van der Waals surface area contributed by atoms with Crippen LogP contribution in [-0.4, -0.2) is 24.1 Å². The van der Waals surface area contributed by atoms with Crippen molar-refractivity contribution in [3.05, 3.63) is 38.9 Å². The fourth-order valence-corrected chi connectivity index (χ4v) is 2.21. The molecule has 1 aliphatic heterocycles. The maximum atomic E-state index is 10.9. The maximum absolute atomic E-state index is 10.9. The number of ether oxygens (including phenoxy) is 1. The lowest BCUT2D eigenvalue weighted by atomic mass is 10.2. The molecule has 1 N–H and O–H groups in total. The summed E-state index contributed by atoms with van der Waals surface area (Å²) >= 11 is 5.74. The standard InChI is InChI=1S/C12H15ClN2O3/c13-10-4-3-9(12(6-10)15(16)17)7-18-8-11-2-1-5-14-11/h3-4,6,11,14H,1-2,5,7-8H2. The molecular weight excluding hydrogens is 256 g/mol. The van der Waals surface area contributed by atoms with Crippen molar-refractivity contribution >= 4 is 17.3 Å². The van der Waals surface area contributed by atoms with Gasteiger partial charge in [0.2, 0.25) is 0 Å². The molecule has 0 amide bonds. The summed E-state index contributed by atoms with van der Waals surface area (Å²) in [6.45, 7) is 1.85. The predicted molar refractivity (Wildman–Crippen MR) is 68.8 cm³/mol. The Morgan fingerprint density at radius 1 is 1.56 bits per heavy atom. The van der Waals surface area contributed by atoms with Gasteiger partial charge in [0, 0.05) is 17.1 Å². The van der Waals surface area contributed by atoms with Gasteiger partial charge in [-0.05, 0) is 31.5 Å². The normalized spacial score (nSPS) is 19.1. The van der Waals surface area contributed by atoms with Crippen LogP contribution < -0.4 is 5.32 Å². The summed E-state index contributed by atoms with van der Waals surface area (Å²) in [5, 5.41) is 14.5. The van der Waals surface area contributed by atoms with Crippen LogP contribution in [0.3, 0.4) is 0 Å². The third-order valence-corrected chi connectivity index (χ3v) is 3.22. The van der Waals surface area contributed by atoms with E-state index in [1.54, 1.807) is 12.1 Å². The zero-order chi connectivity index (χ0) is 13.0. The fourth-order valence-electron chi connectivity index (χ4n) is 2.04. The lowest BCUT2D eigenvalue weighted by Gasteiger charge is -2.11. The topological polar surface area (TPSA) is 64.4 Å². The van der Waals surface area contributed by atoms with Crippen LogP contribution >= 0.6 is 11.6 Å². The van der Waals surface area contributed by atoms with Crippen molar-refractivity contribution in [2.75, 3.05) is 13.2 Å². The van der Waals surface area contributed by atoms with Gasteiger partial charge in [0.15, 0.2) is 0 Å². The summed E-state index contributed by atoms with van der Waals surface area (Å²) in [5.74, 6) is 0. The van der Waals surface area contributed by atoms with E-state index in [1.165, 1.54) is 6.07 Å². The van der Waals surface area contributed by atoms with Gasteiger partial charge >= 0.3 is 0 Å². The predicted octanol–water partition coefficient (Wildman–Crippen LogP) is 2.52. The van der Waals surface area contributed by atoms with Crippen molar-refractivity contribution in [1.82, 2.24) is 5.32 Å². The smallest absolute Gasteiger partial charge is 0.276 e. The molecule has 1 saturated heterocycles. The number of nitrogens with zero attached hydrogens (tertiary/aromatic N) is 1. The van der Waals surface area contributed by atoms with Gasteiger partial charge in [0.05, 0.1) is 23.7 Å². The van der Waals surface area contributed by atoms with Gasteiger partial charge in [0.25, 0.3) is 5.69 Å². The van der Waals surface area contributed by atoms with E-state index in [0.29, 0.717) is 23.2 Å². The van der Waals surface area contributed by atoms with Crippen molar-refractivity contribution in [3.63, 3.8) is 0 Å². The minimum atomic E-state index is -0.432. The summed E-state index contributed by atoms with van der Waals surface area (Å²) in [6, 6.07) is 5.01. The molecule has 0 aromatic heterocycles. The minimum absolute atomic E-state index is 0.0156. The molecule has 0 bridgehead atoms. The van der Waals surface area contributed by atoms with E-state index in [9.17, 15) is 10.1 Å². The lowest BCUT2D eigenvalue weighted by molar-refractivity contribution is -0.385. The van der Waals surface area contributed by atoms with Crippen LogP contribution in [0.25, 0.3) is 0 Å². The second kappa shape index (κ2) is 6.13. The lowest BCUT2D eigenvalue weighted by Crippen LogP contribution is -2.26. The van der Waals surface area contributed by atoms with E-state index in [0.717, 1.165) is 19.4 Å². The third-order valence-electron chi connectivity index (χ3n) is 2.98. The van der Waals surface area contributed by atoms with Gasteiger partial charge in [-0.15, -0.1) is 0 Å². The Balaban J connectivity index is 1.93.